The van der Waals surface area contributed by atoms with Crippen molar-refractivity contribution in [2.24, 2.45) is 0 Å². The van der Waals surface area contributed by atoms with Crippen molar-refractivity contribution in [2.45, 2.75) is 12.7 Å². The van der Waals surface area contributed by atoms with Crippen LogP contribution in [-0.2, 0) is 11.3 Å². The predicted octanol–water partition coefficient (Wildman–Crippen LogP) is 4.86. The lowest BCUT2D eigenvalue weighted by atomic mass is 10.0. The van der Waals surface area contributed by atoms with Crippen molar-refractivity contribution >= 4 is 26.7 Å². The molecule has 132 valence electrons. The predicted molar refractivity (Wildman–Crippen MR) is 107 cm³/mol. The molecule has 0 spiro atoms. The third kappa shape index (κ3) is 4.44. The van der Waals surface area contributed by atoms with E-state index in [1.54, 1.807) is 7.11 Å². The molecule has 0 amide bonds. The van der Waals surface area contributed by atoms with Crippen molar-refractivity contribution in [3.05, 3.63) is 76.3 Å². The van der Waals surface area contributed by atoms with E-state index >= 15 is 0 Å². The molecule has 0 saturated heterocycles. The Hall–Kier alpha value is -2.32. The van der Waals surface area contributed by atoms with Crippen LogP contribution in [0, 0.1) is 11.8 Å². The molecule has 26 heavy (non-hydrogen) atoms. The zero-order chi connectivity index (χ0) is 18.4. The third-order valence-electron chi connectivity index (χ3n) is 4.02. The van der Waals surface area contributed by atoms with Crippen LogP contribution in [0.15, 0.2) is 65.1 Å². The number of halogens is 1. The van der Waals surface area contributed by atoms with Gasteiger partial charge in [-0.1, -0.05) is 70.2 Å². The number of hydrogen-bond acceptors (Lipinski definition) is 3. The van der Waals surface area contributed by atoms with Gasteiger partial charge in [-0.15, -0.1) is 0 Å². The molecular weight excluding hydrogens is 392 g/mol. The first-order valence-electron chi connectivity index (χ1n) is 8.23. The molecule has 3 aromatic rings. The van der Waals surface area contributed by atoms with Crippen molar-refractivity contribution in [2.75, 3.05) is 13.7 Å². The number of methoxy groups -OCH3 is 1. The molecule has 0 aromatic heterocycles. The lowest BCUT2D eigenvalue weighted by Gasteiger charge is -2.10. The Labute approximate surface area is 161 Å². The van der Waals surface area contributed by atoms with Crippen molar-refractivity contribution in [3.8, 4) is 17.6 Å². The summed E-state index contributed by atoms with van der Waals surface area (Å²) in [4.78, 5) is 0. The number of rotatable bonds is 5. The summed E-state index contributed by atoms with van der Waals surface area (Å²) in [5.74, 6) is 6.58. The molecule has 1 N–H and O–H groups in total. The Balaban J connectivity index is 1.61. The van der Waals surface area contributed by atoms with Gasteiger partial charge in [-0.2, -0.15) is 0 Å². The average Bonchev–Trinajstić information content (AvgIpc) is 2.68. The molecule has 0 saturated carbocycles. The Morgan fingerprint density at radius 3 is 2.50 bits per heavy atom. The minimum Gasteiger partial charge on any atom is -0.497 e. The molecule has 0 aliphatic rings. The van der Waals surface area contributed by atoms with Crippen LogP contribution in [0.3, 0.4) is 0 Å². The van der Waals surface area contributed by atoms with E-state index in [0.717, 1.165) is 32.1 Å². The molecule has 0 aliphatic heterocycles. The minimum atomic E-state index is -0.859. The zero-order valence-corrected chi connectivity index (χ0v) is 16.0. The van der Waals surface area contributed by atoms with E-state index in [1.807, 2.05) is 60.7 Å². The van der Waals surface area contributed by atoms with E-state index < -0.39 is 6.10 Å². The van der Waals surface area contributed by atoms with Gasteiger partial charge < -0.3 is 14.6 Å². The second-order valence-electron chi connectivity index (χ2n) is 5.75. The van der Waals surface area contributed by atoms with Crippen LogP contribution in [0.5, 0.6) is 5.75 Å². The number of aliphatic hydroxyl groups excluding tert-OH is 1. The van der Waals surface area contributed by atoms with Crippen molar-refractivity contribution < 1.29 is 14.6 Å². The Morgan fingerprint density at radius 2 is 1.77 bits per heavy atom. The molecule has 3 nitrogen and oxygen atoms in total. The Bertz CT molecular complexity index is 934. The fraction of sp³-hybridized carbons (Fsp3) is 0.182. The standard InChI is InChI=1S/C22H19BrO3/c1-25-18-12-10-16(11-13-18)15-26-14-4-9-21(24)19-7-2-5-17-6-3-8-20(23)22(17)19/h2-3,5-8,10-13,21,24H,14-15H2,1H3. The Kier molecular flexibility index (Phi) is 6.30. The fourth-order valence-corrected chi connectivity index (χ4v) is 3.32. The van der Waals surface area contributed by atoms with Gasteiger partial charge in [0.1, 0.15) is 18.5 Å². The normalized spacial score (nSPS) is 11.7. The van der Waals surface area contributed by atoms with Gasteiger partial charge in [0.15, 0.2) is 0 Å². The average molecular weight is 411 g/mol. The van der Waals surface area contributed by atoms with Gasteiger partial charge >= 0.3 is 0 Å². The zero-order valence-electron chi connectivity index (χ0n) is 14.4. The van der Waals surface area contributed by atoms with Crippen molar-refractivity contribution in [3.63, 3.8) is 0 Å². The summed E-state index contributed by atoms with van der Waals surface area (Å²) in [6, 6.07) is 19.5. The third-order valence-corrected chi connectivity index (χ3v) is 4.68. The highest BCUT2D eigenvalue weighted by Gasteiger charge is 2.10. The summed E-state index contributed by atoms with van der Waals surface area (Å²) in [6.07, 6.45) is -0.859. The molecule has 0 heterocycles. The van der Waals surface area contributed by atoms with E-state index in [-0.39, 0.29) is 6.61 Å². The summed E-state index contributed by atoms with van der Waals surface area (Å²) in [7, 11) is 1.64. The van der Waals surface area contributed by atoms with Crippen LogP contribution in [0.25, 0.3) is 10.8 Å². The lowest BCUT2D eigenvalue weighted by molar-refractivity contribution is 0.153. The van der Waals surface area contributed by atoms with Gasteiger partial charge in [0, 0.05) is 15.4 Å². The number of ether oxygens (including phenoxy) is 2. The quantitative estimate of drug-likeness (QED) is 0.481. The van der Waals surface area contributed by atoms with Crippen molar-refractivity contribution in [1.29, 1.82) is 0 Å². The van der Waals surface area contributed by atoms with Crippen LogP contribution < -0.4 is 4.74 Å². The molecule has 0 radical (unpaired) electrons. The number of fused-ring (bicyclic) bond motifs is 1. The van der Waals surface area contributed by atoms with Gasteiger partial charge in [0.25, 0.3) is 0 Å². The second kappa shape index (κ2) is 8.86. The minimum absolute atomic E-state index is 0.259. The number of aliphatic hydroxyl groups is 1. The van der Waals surface area contributed by atoms with Crippen LogP contribution in [0.2, 0.25) is 0 Å². The SMILES string of the molecule is COc1ccc(COCC#CC(O)c2cccc3cccc(Br)c23)cc1. The molecule has 0 aliphatic carbocycles. The molecule has 0 fully saturated rings. The molecule has 3 rings (SSSR count). The largest absolute Gasteiger partial charge is 0.497 e. The monoisotopic (exact) mass is 410 g/mol. The summed E-state index contributed by atoms with van der Waals surface area (Å²) < 4.78 is 11.6. The van der Waals surface area contributed by atoms with Gasteiger partial charge in [-0.05, 0) is 29.1 Å². The molecule has 1 unspecified atom stereocenters. The molecular formula is C22H19BrO3. The molecule has 0 bridgehead atoms. The fourth-order valence-electron chi connectivity index (χ4n) is 2.71. The topological polar surface area (TPSA) is 38.7 Å². The van der Waals surface area contributed by atoms with Crippen LogP contribution in [0.1, 0.15) is 17.2 Å². The van der Waals surface area contributed by atoms with E-state index in [2.05, 4.69) is 27.8 Å². The molecule has 3 aromatic carbocycles. The second-order valence-corrected chi connectivity index (χ2v) is 6.60. The van der Waals surface area contributed by atoms with Crippen LogP contribution in [0.4, 0.5) is 0 Å². The summed E-state index contributed by atoms with van der Waals surface area (Å²) in [5.41, 5.74) is 1.84. The van der Waals surface area contributed by atoms with Gasteiger partial charge in [-0.3, -0.25) is 0 Å². The van der Waals surface area contributed by atoms with Crippen LogP contribution >= 0.6 is 15.9 Å². The van der Waals surface area contributed by atoms with Crippen molar-refractivity contribution in [1.82, 2.24) is 0 Å². The maximum absolute atomic E-state index is 10.5. The first kappa shape index (κ1) is 18.5. The highest BCUT2D eigenvalue weighted by molar-refractivity contribution is 9.10. The van der Waals surface area contributed by atoms with Gasteiger partial charge in [0.05, 0.1) is 13.7 Å². The summed E-state index contributed by atoms with van der Waals surface area (Å²) in [6.45, 7) is 0.726. The number of benzene rings is 3. The van der Waals surface area contributed by atoms with E-state index in [4.69, 9.17) is 9.47 Å². The first-order valence-corrected chi connectivity index (χ1v) is 9.02. The Morgan fingerprint density at radius 1 is 1.04 bits per heavy atom. The maximum atomic E-state index is 10.5. The highest BCUT2D eigenvalue weighted by atomic mass is 79.9. The summed E-state index contributed by atoms with van der Waals surface area (Å²) >= 11 is 3.55. The maximum Gasteiger partial charge on any atom is 0.140 e. The van der Waals surface area contributed by atoms with Gasteiger partial charge in [-0.25, -0.2) is 0 Å². The lowest BCUT2D eigenvalue weighted by Crippen LogP contribution is -1.97. The first-order chi connectivity index (χ1) is 12.7. The smallest absolute Gasteiger partial charge is 0.140 e. The molecule has 1 atom stereocenters. The highest BCUT2D eigenvalue weighted by Crippen LogP contribution is 2.30. The summed E-state index contributed by atoms with van der Waals surface area (Å²) in [5, 5.41) is 12.5. The van der Waals surface area contributed by atoms with Gasteiger partial charge in [0.2, 0.25) is 0 Å². The van der Waals surface area contributed by atoms with E-state index in [0.29, 0.717) is 6.61 Å². The molecule has 4 heteroatoms. The number of hydrogen-bond donors (Lipinski definition) is 1. The van der Waals surface area contributed by atoms with E-state index in [1.165, 1.54) is 0 Å². The van der Waals surface area contributed by atoms with E-state index in [9.17, 15) is 5.11 Å². The van der Waals surface area contributed by atoms with Crippen LogP contribution in [-0.4, -0.2) is 18.8 Å².